The Morgan fingerprint density at radius 3 is 2.78 bits per heavy atom. The van der Waals surface area contributed by atoms with Gasteiger partial charge in [-0.1, -0.05) is 6.07 Å². The van der Waals surface area contributed by atoms with E-state index in [4.69, 9.17) is 12.2 Å². The molecule has 2 aromatic rings. The minimum absolute atomic E-state index is 0.0278. The Balaban J connectivity index is 2.25. The second-order valence-electron chi connectivity index (χ2n) is 3.90. The lowest BCUT2D eigenvalue weighted by Crippen LogP contribution is -2.07. The number of H-pyrrole nitrogens is 1. The largest absolute Gasteiger partial charge is 0.441 e. The fourth-order valence-electron chi connectivity index (χ4n) is 1.74. The van der Waals surface area contributed by atoms with Gasteiger partial charge in [0.05, 0.1) is 11.0 Å². The molecule has 0 fully saturated rings. The van der Waals surface area contributed by atoms with Crippen LogP contribution >= 0.6 is 24.0 Å². The molecule has 18 heavy (non-hydrogen) atoms. The second-order valence-corrected chi connectivity index (χ2v) is 5.44. The van der Waals surface area contributed by atoms with Gasteiger partial charge in [-0.05, 0) is 48.6 Å². The molecular weight excluding hydrogens is 281 g/mol. The lowest BCUT2D eigenvalue weighted by atomic mass is 10.2. The molecule has 1 aromatic carbocycles. The molecule has 0 amide bonds. The van der Waals surface area contributed by atoms with E-state index in [1.807, 2.05) is 25.1 Å². The van der Waals surface area contributed by atoms with E-state index in [2.05, 4.69) is 4.98 Å². The third kappa shape index (κ3) is 3.08. The van der Waals surface area contributed by atoms with Crippen molar-refractivity contribution in [2.24, 2.45) is 0 Å². The molecule has 0 saturated heterocycles. The van der Waals surface area contributed by atoms with Crippen LogP contribution in [0.25, 0.3) is 11.0 Å². The van der Waals surface area contributed by atoms with E-state index < -0.39 is 5.51 Å². The molecule has 1 heterocycles. The fraction of sp³-hybridized carbons (Fsp3) is 0.364. The van der Waals surface area contributed by atoms with Crippen LogP contribution < -0.4 is 0 Å². The van der Waals surface area contributed by atoms with Gasteiger partial charge in [0, 0.05) is 12.3 Å². The third-order valence-corrected chi connectivity index (χ3v) is 3.55. The zero-order valence-corrected chi connectivity index (χ0v) is 11.2. The fourth-order valence-corrected chi connectivity index (χ4v) is 2.54. The van der Waals surface area contributed by atoms with Gasteiger partial charge in [-0.2, -0.15) is 13.2 Å². The standard InChI is InChI=1S/C11H11F3N2S2/c1-7-2-3-8-9(6-7)16(10(17)15-8)4-5-18-11(12,13)14/h2-3,6H,4-5H2,1H3,(H,15,17). The van der Waals surface area contributed by atoms with Crippen molar-refractivity contribution in [3.05, 3.63) is 28.5 Å². The Morgan fingerprint density at radius 1 is 1.39 bits per heavy atom. The Hall–Kier alpha value is -0.950. The van der Waals surface area contributed by atoms with Crippen LogP contribution in [0, 0.1) is 11.7 Å². The number of alkyl halides is 3. The number of benzene rings is 1. The molecule has 0 radical (unpaired) electrons. The molecule has 2 rings (SSSR count). The molecule has 1 N–H and O–H groups in total. The van der Waals surface area contributed by atoms with Crippen molar-refractivity contribution < 1.29 is 13.2 Å². The summed E-state index contributed by atoms with van der Waals surface area (Å²) in [5, 5.41) is 0. The number of hydrogen-bond donors (Lipinski definition) is 1. The predicted molar refractivity (Wildman–Crippen MR) is 70.4 cm³/mol. The molecule has 0 spiro atoms. The third-order valence-electron chi connectivity index (χ3n) is 2.51. The SMILES string of the molecule is Cc1ccc2[nH]c(=S)n(CCSC(F)(F)F)c2c1. The number of thioether (sulfide) groups is 1. The number of fused-ring (bicyclic) bond motifs is 1. The van der Waals surface area contributed by atoms with E-state index in [9.17, 15) is 13.2 Å². The van der Waals surface area contributed by atoms with E-state index in [0.29, 0.717) is 4.77 Å². The van der Waals surface area contributed by atoms with Gasteiger partial charge in [0.25, 0.3) is 0 Å². The summed E-state index contributed by atoms with van der Waals surface area (Å²) in [6, 6.07) is 5.73. The van der Waals surface area contributed by atoms with Crippen molar-refractivity contribution in [3.63, 3.8) is 0 Å². The normalized spacial score (nSPS) is 12.2. The highest BCUT2D eigenvalue weighted by Gasteiger charge is 2.27. The Kier molecular flexibility index (Phi) is 3.72. The monoisotopic (exact) mass is 292 g/mol. The van der Waals surface area contributed by atoms with Crippen LogP contribution in [0.3, 0.4) is 0 Å². The van der Waals surface area contributed by atoms with Crippen LogP contribution in [-0.4, -0.2) is 20.8 Å². The number of imidazole rings is 1. The van der Waals surface area contributed by atoms with Crippen molar-refractivity contribution >= 4 is 35.0 Å². The maximum absolute atomic E-state index is 12.1. The zero-order valence-electron chi connectivity index (χ0n) is 9.54. The van der Waals surface area contributed by atoms with Crippen LogP contribution in [0.5, 0.6) is 0 Å². The van der Waals surface area contributed by atoms with Gasteiger partial charge in [-0.3, -0.25) is 0 Å². The number of halogens is 3. The van der Waals surface area contributed by atoms with E-state index in [1.165, 1.54) is 0 Å². The molecular formula is C11H11F3N2S2. The molecule has 0 saturated carbocycles. The van der Waals surface area contributed by atoms with Crippen LogP contribution in [-0.2, 0) is 6.54 Å². The number of aromatic nitrogens is 2. The molecule has 0 bridgehead atoms. The Morgan fingerprint density at radius 2 is 2.11 bits per heavy atom. The van der Waals surface area contributed by atoms with Gasteiger partial charge in [0.15, 0.2) is 4.77 Å². The van der Waals surface area contributed by atoms with Crippen LogP contribution in [0.2, 0.25) is 0 Å². The van der Waals surface area contributed by atoms with Crippen molar-refractivity contribution in [2.45, 2.75) is 19.0 Å². The van der Waals surface area contributed by atoms with Gasteiger partial charge in [-0.15, -0.1) is 0 Å². The summed E-state index contributed by atoms with van der Waals surface area (Å²) in [6.45, 7) is 2.18. The highest BCUT2D eigenvalue weighted by molar-refractivity contribution is 8.00. The van der Waals surface area contributed by atoms with Crippen LogP contribution in [0.1, 0.15) is 5.56 Å². The smallest absolute Gasteiger partial charge is 0.331 e. The highest BCUT2D eigenvalue weighted by Crippen LogP contribution is 2.30. The summed E-state index contributed by atoms with van der Waals surface area (Å²) in [5.74, 6) is -0.0430. The molecule has 1 aromatic heterocycles. The first-order valence-corrected chi connectivity index (χ1v) is 6.66. The lowest BCUT2D eigenvalue weighted by molar-refractivity contribution is -0.0328. The molecule has 0 atom stereocenters. The molecule has 2 nitrogen and oxygen atoms in total. The quantitative estimate of drug-likeness (QED) is 0.853. The number of nitrogens with zero attached hydrogens (tertiary/aromatic N) is 1. The number of rotatable bonds is 3. The van der Waals surface area contributed by atoms with Gasteiger partial charge in [0.1, 0.15) is 0 Å². The molecule has 0 aliphatic carbocycles. The average molecular weight is 292 g/mol. The van der Waals surface area contributed by atoms with E-state index in [-0.39, 0.29) is 24.1 Å². The molecule has 7 heteroatoms. The number of hydrogen-bond acceptors (Lipinski definition) is 2. The van der Waals surface area contributed by atoms with E-state index in [0.717, 1.165) is 16.6 Å². The Bertz CT molecular complexity index is 613. The van der Waals surface area contributed by atoms with Gasteiger partial charge in [0.2, 0.25) is 0 Å². The maximum Gasteiger partial charge on any atom is 0.441 e. The highest BCUT2D eigenvalue weighted by atomic mass is 32.2. The first-order chi connectivity index (χ1) is 8.37. The van der Waals surface area contributed by atoms with Crippen molar-refractivity contribution in [1.82, 2.24) is 9.55 Å². The summed E-state index contributed by atoms with van der Waals surface area (Å²) in [4.78, 5) is 2.99. The van der Waals surface area contributed by atoms with Gasteiger partial charge >= 0.3 is 5.51 Å². The first-order valence-electron chi connectivity index (χ1n) is 5.27. The first kappa shape index (κ1) is 13.5. The predicted octanol–water partition coefficient (Wildman–Crippen LogP) is 4.26. The second kappa shape index (κ2) is 4.97. The minimum atomic E-state index is -4.19. The van der Waals surface area contributed by atoms with E-state index >= 15 is 0 Å². The zero-order chi connectivity index (χ0) is 13.3. The number of nitrogens with one attached hydrogen (secondary N) is 1. The lowest BCUT2D eigenvalue weighted by Gasteiger charge is -2.07. The molecule has 98 valence electrons. The summed E-state index contributed by atoms with van der Waals surface area (Å²) >= 11 is 5.09. The van der Waals surface area contributed by atoms with Gasteiger partial charge in [-0.25, -0.2) is 0 Å². The maximum atomic E-state index is 12.1. The van der Waals surface area contributed by atoms with Crippen LogP contribution in [0.4, 0.5) is 13.2 Å². The van der Waals surface area contributed by atoms with Crippen LogP contribution in [0.15, 0.2) is 18.2 Å². The summed E-state index contributed by atoms with van der Waals surface area (Å²) in [7, 11) is 0. The van der Waals surface area contributed by atoms with E-state index in [1.54, 1.807) is 4.57 Å². The molecule has 0 unspecified atom stereocenters. The number of aromatic amines is 1. The van der Waals surface area contributed by atoms with Crippen molar-refractivity contribution in [2.75, 3.05) is 5.75 Å². The average Bonchev–Trinajstić information content (AvgIpc) is 2.54. The summed E-state index contributed by atoms with van der Waals surface area (Å²) in [6.07, 6.45) is 0. The number of aryl methyl sites for hydroxylation is 2. The minimum Gasteiger partial charge on any atom is -0.331 e. The van der Waals surface area contributed by atoms with Crippen molar-refractivity contribution in [3.8, 4) is 0 Å². The molecule has 0 aliphatic heterocycles. The summed E-state index contributed by atoms with van der Waals surface area (Å²) in [5.41, 5.74) is -1.44. The van der Waals surface area contributed by atoms with Crippen molar-refractivity contribution in [1.29, 1.82) is 0 Å². The Labute approximate surface area is 111 Å². The van der Waals surface area contributed by atoms with Gasteiger partial charge < -0.3 is 9.55 Å². The topological polar surface area (TPSA) is 20.7 Å². The summed E-state index contributed by atoms with van der Waals surface area (Å²) < 4.78 is 38.4. The molecule has 0 aliphatic rings.